The maximum Gasteiger partial charge on any atom is 0.167 e. The molecule has 0 atom stereocenters. The normalized spacial score (nSPS) is 11.3. The van der Waals surface area contributed by atoms with E-state index in [9.17, 15) is 0 Å². The number of aromatic nitrogens is 6. The first-order valence-electron chi connectivity index (χ1n) is 26.6. The van der Waals surface area contributed by atoms with Crippen molar-refractivity contribution in [3.63, 3.8) is 0 Å². The summed E-state index contributed by atoms with van der Waals surface area (Å²) in [4.78, 5) is 26.2. The SMILES string of the molecule is c1ccc(-c2ccc3c(c2)c2cc(-c4ccccc4)ccc2n3-c2c(-c3ccccc3)c(-c3ccccc3)c(-c3ccccc3)c(-c3ccccc3)c2-c2ncc(-c3nc(-c4ccccc4)nc(-c4ccccc4)n3)cn2)cc1. The molecule has 79 heavy (non-hydrogen) atoms. The summed E-state index contributed by atoms with van der Waals surface area (Å²) in [5, 5.41) is 2.26. The maximum atomic E-state index is 5.50. The van der Waals surface area contributed by atoms with Crippen molar-refractivity contribution in [1.29, 1.82) is 0 Å². The molecule has 370 valence electrons. The van der Waals surface area contributed by atoms with Crippen molar-refractivity contribution in [1.82, 2.24) is 29.5 Å². The highest BCUT2D eigenvalue weighted by Gasteiger charge is 2.32. The lowest BCUT2D eigenvalue weighted by Gasteiger charge is -2.29. The largest absolute Gasteiger partial charge is 0.308 e. The van der Waals surface area contributed by atoms with E-state index in [0.29, 0.717) is 28.9 Å². The lowest BCUT2D eigenvalue weighted by molar-refractivity contribution is 1.06. The molecule has 0 unspecified atom stereocenters. The number of nitrogens with zero attached hydrogens (tertiary/aromatic N) is 6. The van der Waals surface area contributed by atoms with E-state index in [2.05, 4.69) is 223 Å². The van der Waals surface area contributed by atoms with Gasteiger partial charge in [0, 0.05) is 51.0 Å². The van der Waals surface area contributed by atoms with Gasteiger partial charge in [-0.1, -0.05) is 255 Å². The Morgan fingerprint density at radius 2 is 0.506 bits per heavy atom. The van der Waals surface area contributed by atoms with Gasteiger partial charge in [0.1, 0.15) is 0 Å². The molecule has 14 rings (SSSR count). The highest BCUT2D eigenvalue weighted by molar-refractivity contribution is 6.17. The lowest BCUT2D eigenvalue weighted by atomic mass is 9.78. The van der Waals surface area contributed by atoms with Crippen LogP contribution in [0.5, 0.6) is 0 Å². The summed E-state index contributed by atoms with van der Waals surface area (Å²) in [6.45, 7) is 0. The molecular formula is C73H48N6. The van der Waals surface area contributed by atoms with Crippen molar-refractivity contribution in [2.75, 3.05) is 0 Å². The standard InChI is InChI=1S/C73H48N6/c1-9-25-49(26-10-1)57-41-43-62-60(45-57)61-46-58(50-27-11-2-12-28-50)42-44-63(61)79(62)69-67(54-35-19-6-20-36-54)65(52-31-15-4-16-32-52)64(51-29-13-3-14-30-51)66(53-33-17-5-18-34-53)68(69)73-74-47-59(48-75-73)72-77-70(55-37-21-7-22-38-55)76-71(78-72)56-39-23-8-24-40-56/h1-48H. The van der Waals surface area contributed by atoms with Gasteiger partial charge in [-0.15, -0.1) is 0 Å². The molecule has 0 aliphatic rings. The van der Waals surface area contributed by atoms with Crippen LogP contribution in [-0.2, 0) is 0 Å². The van der Waals surface area contributed by atoms with Crippen LogP contribution in [0.25, 0.3) is 140 Å². The smallest absolute Gasteiger partial charge is 0.167 e. The second-order valence-electron chi connectivity index (χ2n) is 19.6. The molecule has 0 aliphatic heterocycles. The van der Waals surface area contributed by atoms with E-state index in [4.69, 9.17) is 24.9 Å². The molecule has 6 heteroatoms. The monoisotopic (exact) mass is 1010 g/mol. The van der Waals surface area contributed by atoms with Crippen molar-refractivity contribution in [3.8, 4) is 118 Å². The molecule has 0 amide bonds. The minimum atomic E-state index is 0.475. The predicted molar refractivity (Wildman–Crippen MR) is 324 cm³/mol. The zero-order valence-corrected chi connectivity index (χ0v) is 42.9. The fraction of sp³-hybridized carbons (Fsp3) is 0. The van der Waals surface area contributed by atoms with Crippen molar-refractivity contribution in [3.05, 3.63) is 291 Å². The second-order valence-corrected chi connectivity index (χ2v) is 19.6. The van der Waals surface area contributed by atoms with Crippen molar-refractivity contribution in [2.24, 2.45) is 0 Å². The molecular weight excluding hydrogens is 961 g/mol. The Morgan fingerprint density at radius 3 is 0.873 bits per heavy atom. The zero-order chi connectivity index (χ0) is 52.5. The minimum Gasteiger partial charge on any atom is -0.308 e. The average molecular weight is 1010 g/mol. The second kappa shape index (κ2) is 20.4. The third-order valence-electron chi connectivity index (χ3n) is 14.8. The number of benzene rings is 11. The van der Waals surface area contributed by atoms with E-state index in [0.717, 1.165) is 111 Å². The van der Waals surface area contributed by atoms with Gasteiger partial charge in [-0.3, -0.25) is 0 Å². The molecule has 11 aromatic carbocycles. The topological polar surface area (TPSA) is 69.4 Å². The number of rotatable bonds is 11. The number of fused-ring (bicyclic) bond motifs is 3. The summed E-state index contributed by atoms with van der Waals surface area (Å²) in [7, 11) is 0. The van der Waals surface area contributed by atoms with Crippen LogP contribution < -0.4 is 0 Å². The van der Waals surface area contributed by atoms with Gasteiger partial charge >= 0.3 is 0 Å². The van der Waals surface area contributed by atoms with Crippen LogP contribution in [0.2, 0.25) is 0 Å². The lowest BCUT2D eigenvalue weighted by Crippen LogP contribution is -2.08. The molecule has 0 radical (unpaired) electrons. The van der Waals surface area contributed by atoms with E-state index in [1.165, 1.54) is 0 Å². The Morgan fingerprint density at radius 1 is 0.215 bits per heavy atom. The van der Waals surface area contributed by atoms with E-state index in [-0.39, 0.29) is 0 Å². The predicted octanol–water partition coefficient (Wildman–Crippen LogP) is 18.4. The molecule has 6 nitrogen and oxygen atoms in total. The van der Waals surface area contributed by atoms with Gasteiger partial charge in [-0.05, 0) is 74.3 Å². The van der Waals surface area contributed by atoms with Crippen LogP contribution in [0.15, 0.2) is 291 Å². The van der Waals surface area contributed by atoms with Gasteiger partial charge in [-0.2, -0.15) is 0 Å². The Labute approximate surface area is 458 Å². The highest BCUT2D eigenvalue weighted by Crippen LogP contribution is 2.55. The summed E-state index contributed by atoms with van der Waals surface area (Å²) in [6, 6.07) is 98.5. The molecule has 0 spiro atoms. The van der Waals surface area contributed by atoms with E-state index < -0.39 is 0 Å². The van der Waals surface area contributed by atoms with Crippen LogP contribution >= 0.6 is 0 Å². The third-order valence-corrected chi connectivity index (χ3v) is 14.8. The number of hydrogen-bond donors (Lipinski definition) is 0. The summed E-state index contributed by atoms with van der Waals surface area (Å²) >= 11 is 0. The van der Waals surface area contributed by atoms with Gasteiger partial charge in [-0.25, -0.2) is 24.9 Å². The highest BCUT2D eigenvalue weighted by atomic mass is 15.0. The first kappa shape index (κ1) is 46.8. The Hall–Kier alpha value is -10.7. The molecule has 0 saturated carbocycles. The molecule has 0 N–H and O–H groups in total. The van der Waals surface area contributed by atoms with E-state index in [1.54, 1.807) is 0 Å². The van der Waals surface area contributed by atoms with Gasteiger partial charge in [0.25, 0.3) is 0 Å². The van der Waals surface area contributed by atoms with Crippen LogP contribution in [0.4, 0.5) is 0 Å². The van der Waals surface area contributed by atoms with Crippen LogP contribution in [-0.4, -0.2) is 29.5 Å². The van der Waals surface area contributed by atoms with Crippen molar-refractivity contribution >= 4 is 21.8 Å². The van der Waals surface area contributed by atoms with Crippen LogP contribution in [0, 0.1) is 0 Å². The Bertz CT molecular complexity index is 4310. The molecule has 0 fully saturated rings. The molecule has 14 aromatic rings. The first-order chi connectivity index (χ1) is 39.2. The summed E-state index contributed by atoms with van der Waals surface area (Å²) < 4.78 is 2.49. The number of hydrogen-bond acceptors (Lipinski definition) is 5. The van der Waals surface area contributed by atoms with Crippen LogP contribution in [0.1, 0.15) is 0 Å². The maximum absolute atomic E-state index is 5.50. The fourth-order valence-corrected chi connectivity index (χ4v) is 11.1. The van der Waals surface area contributed by atoms with Gasteiger partial charge in [0.15, 0.2) is 23.3 Å². The molecule has 0 saturated heterocycles. The Kier molecular flexibility index (Phi) is 12.1. The van der Waals surface area contributed by atoms with E-state index >= 15 is 0 Å². The Balaban J connectivity index is 1.14. The van der Waals surface area contributed by atoms with Gasteiger partial charge in [0.05, 0.1) is 27.8 Å². The van der Waals surface area contributed by atoms with Gasteiger partial charge in [0.2, 0.25) is 0 Å². The molecule has 3 heterocycles. The van der Waals surface area contributed by atoms with Gasteiger partial charge < -0.3 is 4.57 Å². The third kappa shape index (κ3) is 8.73. The quantitative estimate of drug-likeness (QED) is 0.129. The fourth-order valence-electron chi connectivity index (χ4n) is 11.1. The first-order valence-corrected chi connectivity index (χ1v) is 26.6. The average Bonchev–Trinajstić information content (AvgIpc) is 4.14. The molecule has 0 bridgehead atoms. The van der Waals surface area contributed by atoms with Crippen molar-refractivity contribution in [2.45, 2.75) is 0 Å². The van der Waals surface area contributed by atoms with Crippen molar-refractivity contribution < 1.29 is 0 Å². The minimum absolute atomic E-state index is 0.475. The van der Waals surface area contributed by atoms with E-state index in [1.807, 2.05) is 73.1 Å². The summed E-state index contributed by atoms with van der Waals surface area (Å²) in [5.41, 5.74) is 19.4. The zero-order valence-electron chi connectivity index (χ0n) is 42.9. The molecule has 0 aliphatic carbocycles. The summed E-state index contributed by atoms with van der Waals surface area (Å²) in [6.07, 6.45) is 3.75. The molecule has 3 aromatic heterocycles. The summed E-state index contributed by atoms with van der Waals surface area (Å²) in [5.74, 6) is 2.15. The van der Waals surface area contributed by atoms with Crippen LogP contribution in [0.3, 0.4) is 0 Å².